The molecule has 1 saturated carbocycles. The molecule has 0 radical (unpaired) electrons. The van der Waals surface area contributed by atoms with E-state index in [1.807, 2.05) is 20.8 Å². The van der Waals surface area contributed by atoms with Crippen LogP contribution in [0.5, 0.6) is 0 Å². The quantitative estimate of drug-likeness (QED) is 0.743. The second-order valence-corrected chi connectivity index (χ2v) is 6.31. The molecule has 0 saturated heterocycles. The number of thiol groups is 1. The third kappa shape index (κ3) is 3.16. The van der Waals surface area contributed by atoms with Gasteiger partial charge in [-0.3, -0.25) is 4.79 Å². The highest BCUT2D eigenvalue weighted by Gasteiger charge is 2.49. The van der Waals surface area contributed by atoms with Crippen LogP contribution < -0.4 is 5.32 Å². The largest absolute Gasteiger partial charge is 0.378 e. The zero-order valence-corrected chi connectivity index (χ0v) is 12.4. The van der Waals surface area contributed by atoms with Crippen molar-refractivity contribution < 1.29 is 9.53 Å². The molecule has 3 atom stereocenters. The van der Waals surface area contributed by atoms with Gasteiger partial charge in [-0.25, -0.2) is 0 Å². The molecule has 0 aromatic heterocycles. The fraction of sp³-hybridized carbons (Fsp3) is 0.923. The van der Waals surface area contributed by atoms with E-state index in [0.29, 0.717) is 0 Å². The standard InChI is InChI=1S/C13H25NO2S/c1-6-16-10-7-9(13(10,4)5)14-12(15)11(17)8(2)3/h8-11,17H,6-7H2,1-5H3,(H,14,15). The van der Waals surface area contributed by atoms with E-state index < -0.39 is 0 Å². The number of hydrogen-bond donors (Lipinski definition) is 2. The molecule has 0 heterocycles. The summed E-state index contributed by atoms with van der Waals surface area (Å²) in [6, 6.07) is 0.208. The smallest absolute Gasteiger partial charge is 0.233 e. The van der Waals surface area contributed by atoms with Crippen molar-refractivity contribution in [2.75, 3.05) is 6.61 Å². The van der Waals surface area contributed by atoms with E-state index in [2.05, 4.69) is 31.8 Å². The molecule has 0 aromatic rings. The lowest BCUT2D eigenvalue weighted by molar-refractivity contribution is -0.136. The molecule has 0 bridgehead atoms. The van der Waals surface area contributed by atoms with E-state index in [0.717, 1.165) is 13.0 Å². The maximum absolute atomic E-state index is 11.9. The molecular weight excluding hydrogens is 234 g/mol. The van der Waals surface area contributed by atoms with Gasteiger partial charge in [-0.15, -0.1) is 0 Å². The minimum absolute atomic E-state index is 0.0240. The minimum Gasteiger partial charge on any atom is -0.378 e. The van der Waals surface area contributed by atoms with Crippen LogP contribution in [0.25, 0.3) is 0 Å². The molecule has 3 nitrogen and oxygen atoms in total. The molecule has 0 spiro atoms. The normalized spacial score (nSPS) is 28.6. The summed E-state index contributed by atoms with van der Waals surface area (Å²) >= 11 is 4.33. The summed E-state index contributed by atoms with van der Waals surface area (Å²) in [7, 11) is 0. The Kier molecular flexibility index (Phi) is 4.90. The summed E-state index contributed by atoms with van der Waals surface area (Å²) in [6.07, 6.45) is 1.17. The molecule has 1 amide bonds. The summed E-state index contributed by atoms with van der Waals surface area (Å²) in [6.45, 7) is 11.0. The first-order valence-electron chi connectivity index (χ1n) is 6.40. The number of amides is 1. The Balaban J connectivity index is 2.47. The first-order valence-corrected chi connectivity index (χ1v) is 6.92. The van der Waals surface area contributed by atoms with Gasteiger partial charge in [-0.1, -0.05) is 27.7 Å². The zero-order valence-electron chi connectivity index (χ0n) is 11.5. The Hall–Kier alpha value is -0.220. The Morgan fingerprint density at radius 3 is 2.53 bits per heavy atom. The van der Waals surface area contributed by atoms with Crippen LogP contribution in [0.4, 0.5) is 0 Å². The lowest BCUT2D eigenvalue weighted by atomic mass is 9.64. The number of carbonyl (C=O) groups is 1. The second-order valence-electron chi connectivity index (χ2n) is 5.75. The van der Waals surface area contributed by atoms with E-state index >= 15 is 0 Å². The molecule has 17 heavy (non-hydrogen) atoms. The molecule has 3 unspecified atom stereocenters. The predicted octanol–water partition coefficient (Wildman–Crippen LogP) is 2.26. The van der Waals surface area contributed by atoms with Gasteiger partial charge in [0.25, 0.3) is 0 Å². The van der Waals surface area contributed by atoms with Gasteiger partial charge in [0.1, 0.15) is 0 Å². The Morgan fingerprint density at radius 2 is 2.12 bits per heavy atom. The van der Waals surface area contributed by atoms with Gasteiger partial charge >= 0.3 is 0 Å². The highest BCUT2D eigenvalue weighted by molar-refractivity contribution is 7.81. The monoisotopic (exact) mass is 259 g/mol. The van der Waals surface area contributed by atoms with Crippen LogP contribution in [0.3, 0.4) is 0 Å². The SMILES string of the molecule is CCOC1CC(NC(=O)C(S)C(C)C)C1(C)C. The maximum Gasteiger partial charge on any atom is 0.233 e. The maximum atomic E-state index is 11.9. The molecule has 1 aliphatic rings. The topological polar surface area (TPSA) is 38.3 Å². The van der Waals surface area contributed by atoms with Gasteiger partial charge in [-0.05, 0) is 19.3 Å². The van der Waals surface area contributed by atoms with Crippen LogP contribution >= 0.6 is 12.6 Å². The van der Waals surface area contributed by atoms with Crippen LogP contribution in [0.2, 0.25) is 0 Å². The molecule has 100 valence electrons. The Morgan fingerprint density at radius 1 is 1.53 bits per heavy atom. The number of ether oxygens (including phenoxy) is 1. The van der Waals surface area contributed by atoms with Gasteiger partial charge in [0.2, 0.25) is 5.91 Å². The Labute approximate surface area is 110 Å². The van der Waals surface area contributed by atoms with Crippen molar-refractivity contribution in [2.24, 2.45) is 11.3 Å². The van der Waals surface area contributed by atoms with E-state index in [-0.39, 0.29) is 34.6 Å². The van der Waals surface area contributed by atoms with Crippen LogP contribution in [0, 0.1) is 11.3 Å². The van der Waals surface area contributed by atoms with Crippen molar-refractivity contribution in [1.29, 1.82) is 0 Å². The minimum atomic E-state index is -0.225. The lowest BCUT2D eigenvalue weighted by Gasteiger charge is -2.51. The van der Waals surface area contributed by atoms with Crippen LogP contribution in [-0.2, 0) is 9.53 Å². The number of nitrogens with one attached hydrogen (secondary N) is 1. The second kappa shape index (κ2) is 5.61. The fourth-order valence-electron chi connectivity index (χ4n) is 2.17. The van der Waals surface area contributed by atoms with Crippen LogP contribution in [-0.4, -0.2) is 29.9 Å². The lowest BCUT2D eigenvalue weighted by Crippen LogP contribution is -2.63. The Bertz CT molecular complexity index is 279. The average molecular weight is 259 g/mol. The van der Waals surface area contributed by atoms with Gasteiger partial charge in [0, 0.05) is 18.1 Å². The van der Waals surface area contributed by atoms with E-state index in [1.165, 1.54) is 0 Å². The predicted molar refractivity (Wildman–Crippen MR) is 73.4 cm³/mol. The first-order chi connectivity index (χ1) is 7.80. The third-order valence-electron chi connectivity index (χ3n) is 3.76. The molecule has 1 rings (SSSR count). The van der Waals surface area contributed by atoms with Crippen molar-refractivity contribution in [3.05, 3.63) is 0 Å². The molecule has 0 aromatic carbocycles. The summed E-state index contributed by atoms with van der Waals surface area (Å²) in [5, 5.41) is 2.86. The fourth-order valence-corrected chi connectivity index (χ4v) is 2.25. The highest BCUT2D eigenvalue weighted by Crippen LogP contribution is 2.42. The first kappa shape index (κ1) is 14.8. The molecular formula is C13H25NO2S. The van der Waals surface area contributed by atoms with Gasteiger partial charge in [0.05, 0.1) is 11.4 Å². The third-order valence-corrected chi connectivity index (χ3v) is 4.59. The summed E-state index contributed by atoms with van der Waals surface area (Å²) < 4.78 is 5.64. The van der Waals surface area contributed by atoms with Crippen LogP contribution in [0.15, 0.2) is 0 Å². The summed E-state index contributed by atoms with van der Waals surface area (Å²) in [5.74, 6) is 0.292. The number of hydrogen-bond acceptors (Lipinski definition) is 3. The summed E-state index contributed by atoms with van der Waals surface area (Å²) in [5.41, 5.74) is 0.0240. The van der Waals surface area contributed by atoms with Crippen molar-refractivity contribution in [3.8, 4) is 0 Å². The van der Waals surface area contributed by atoms with Crippen LogP contribution in [0.1, 0.15) is 41.0 Å². The van der Waals surface area contributed by atoms with Crippen molar-refractivity contribution in [2.45, 2.75) is 58.4 Å². The van der Waals surface area contributed by atoms with Crippen molar-refractivity contribution >= 4 is 18.5 Å². The van der Waals surface area contributed by atoms with E-state index in [4.69, 9.17) is 4.74 Å². The highest BCUT2D eigenvalue weighted by atomic mass is 32.1. The molecule has 1 N–H and O–H groups in total. The molecule has 4 heteroatoms. The van der Waals surface area contributed by atoms with Crippen molar-refractivity contribution in [1.82, 2.24) is 5.32 Å². The molecule has 0 aliphatic heterocycles. The molecule has 1 aliphatic carbocycles. The molecule has 1 fully saturated rings. The zero-order chi connectivity index (χ0) is 13.2. The number of carbonyl (C=O) groups excluding carboxylic acids is 1. The van der Waals surface area contributed by atoms with E-state index in [1.54, 1.807) is 0 Å². The average Bonchev–Trinajstić information content (AvgIpc) is 2.26. The summed E-state index contributed by atoms with van der Waals surface area (Å²) in [4.78, 5) is 11.9. The van der Waals surface area contributed by atoms with E-state index in [9.17, 15) is 4.79 Å². The number of rotatable bonds is 5. The van der Waals surface area contributed by atoms with Gasteiger partial charge < -0.3 is 10.1 Å². The van der Waals surface area contributed by atoms with Crippen molar-refractivity contribution in [3.63, 3.8) is 0 Å². The van der Waals surface area contributed by atoms with Gasteiger partial charge in [-0.2, -0.15) is 12.6 Å². The van der Waals surface area contributed by atoms with Gasteiger partial charge in [0.15, 0.2) is 0 Å².